The highest BCUT2D eigenvalue weighted by Gasteiger charge is 2.47. The van der Waals surface area contributed by atoms with E-state index in [1.807, 2.05) is 0 Å². The molecule has 5 atom stereocenters. The lowest BCUT2D eigenvalue weighted by Crippen LogP contribution is -2.42. The number of carbonyl (C=O) groups is 2. The lowest BCUT2D eigenvalue weighted by molar-refractivity contribution is -0.177. The quantitative estimate of drug-likeness (QED) is 0.147. The molecule has 0 bridgehead atoms. The maximum absolute atomic E-state index is 11.4. The van der Waals surface area contributed by atoms with E-state index in [0.717, 1.165) is 0 Å². The third kappa shape index (κ3) is 10.0. The maximum Gasteiger partial charge on any atom is 0.319 e. The Bertz CT molecular complexity index is 518. The van der Waals surface area contributed by atoms with E-state index in [4.69, 9.17) is 28.8 Å². The van der Waals surface area contributed by atoms with Gasteiger partial charge in [-0.1, -0.05) is 0 Å². The summed E-state index contributed by atoms with van der Waals surface area (Å²) in [5.74, 6) is -0.939. The molecule has 13 heteroatoms. The van der Waals surface area contributed by atoms with E-state index >= 15 is 0 Å². The van der Waals surface area contributed by atoms with Gasteiger partial charge in [0.2, 0.25) is 0 Å². The molecule has 1 unspecified atom stereocenters. The predicted octanol–water partition coefficient (Wildman–Crippen LogP) is -2.86. The number of hydrogen-bond acceptors (Lipinski definition) is 13. The van der Waals surface area contributed by atoms with E-state index < -0.39 is 49.3 Å². The van der Waals surface area contributed by atoms with Crippen molar-refractivity contribution >= 4 is 11.9 Å². The first-order chi connectivity index (χ1) is 15.4. The number of carbonyl (C=O) groups excluding carboxylic acids is 2. The van der Waals surface area contributed by atoms with Crippen LogP contribution in [-0.4, -0.2) is 143 Å². The molecular formula is C19H35NO12. The van der Waals surface area contributed by atoms with Gasteiger partial charge in [0.25, 0.3) is 0 Å². The Kier molecular flexibility index (Phi) is 14.5. The molecule has 0 aromatic rings. The highest BCUT2D eigenvalue weighted by molar-refractivity contribution is 5.74. The Morgan fingerprint density at radius 1 is 0.969 bits per heavy atom. The first kappa shape index (κ1) is 28.6. The molecule has 1 fully saturated rings. The van der Waals surface area contributed by atoms with Gasteiger partial charge < -0.3 is 48.5 Å². The van der Waals surface area contributed by atoms with Crippen molar-refractivity contribution in [3.05, 3.63) is 0 Å². The van der Waals surface area contributed by atoms with Gasteiger partial charge in [0, 0.05) is 13.7 Å². The highest BCUT2D eigenvalue weighted by atomic mass is 16.7. The van der Waals surface area contributed by atoms with Crippen LogP contribution in [0.25, 0.3) is 0 Å². The van der Waals surface area contributed by atoms with Crippen LogP contribution in [0.3, 0.4) is 0 Å². The molecule has 3 N–H and O–H groups in total. The van der Waals surface area contributed by atoms with Crippen LogP contribution >= 0.6 is 0 Å². The zero-order valence-corrected chi connectivity index (χ0v) is 18.7. The van der Waals surface area contributed by atoms with Crippen molar-refractivity contribution in [3.63, 3.8) is 0 Å². The number of ether oxygens (including phenoxy) is 7. The van der Waals surface area contributed by atoms with Crippen LogP contribution in [0.2, 0.25) is 0 Å². The Labute approximate surface area is 187 Å². The second kappa shape index (κ2) is 16.2. The lowest BCUT2D eigenvalue weighted by Gasteiger charge is -2.21. The van der Waals surface area contributed by atoms with Crippen LogP contribution in [0, 0.1) is 0 Å². The summed E-state index contributed by atoms with van der Waals surface area (Å²) in [6.07, 6.45) is -5.13. The normalized spacial score (nSPS) is 24.0. The van der Waals surface area contributed by atoms with Crippen molar-refractivity contribution in [1.82, 2.24) is 4.90 Å². The number of hydrogen-bond donors (Lipinski definition) is 3. The summed E-state index contributed by atoms with van der Waals surface area (Å²) >= 11 is 0. The third-order valence-corrected chi connectivity index (χ3v) is 4.65. The molecule has 188 valence electrons. The molecule has 1 saturated heterocycles. The first-order valence-electron chi connectivity index (χ1n) is 10.2. The van der Waals surface area contributed by atoms with E-state index in [1.165, 1.54) is 21.3 Å². The first-order valence-corrected chi connectivity index (χ1v) is 10.2. The topological polar surface area (TPSA) is 163 Å². The largest absolute Gasteiger partial charge is 0.468 e. The number of rotatable bonds is 17. The molecule has 0 aromatic carbocycles. The molecule has 32 heavy (non-hydrogen) atoms. The van der Waals surface area contributed by atoms with Crippen LogP contribution in [0.4, 0.5) is 0 Å². The average Bonchev–Trinajstić information content (AvgIpc) is 3.12. The Hall–Kier alpha value is -1.42. The summed E-state index contributed by atoms with van der Waals surface area (Å²) in [6.45, 7) is 0.834. The van der Waals surface area contributed by atoms with Gasteiger partial charge in [0.05, 0.1) is 67.0 Å². The van der Waals surface area contributed by atoms with Crippen LogP contribution in [0.5, 0.6) is 0 Å². The zero-order valence-electron chi connectivity index (χ0n) is 18.7. The summed E-state index contributed by atoms with van der Waals surface area (Å²) in [5, 5.41) is 28.9. The van der Waals surface area contributed by atoms with Crippen LogP contribution in [0.15, 0.2) is 0 Å². The molecule has 1 aliphatic rings. The van der Waals surface area contributed by atoms with Crippen molar-refractivity contribution < 1.29 is 58.1 Å². The molecule has 1 aliphatic heterocycles. The second-order valence-corrected chi connectivity index (χ2v) is 6.87. The molecule has 1 rings (SSSR count). The minimum atomic E-state index is -1.25. The third-order valence-electron chi connectivity index (χ3n) is 4.65. The van der Waals surface area contributed by atoms with Crippen molar-refractivity contribution in [1.29, 1.82) is 0 Å². The highest BCUT2D eigenvalue weighted by Crippen LogP contribution is 2.26. The molecule has 1 heterocycles. The predicted molar refractivity (Wildman–Crippen MR) is 107 cm³/mol. The molecule has 0 aliphatic carbocycles. The van der Waals surface area contributed by atoms with Crippen LogP contribution in [-0.2, 0) is 42.7 Å². The summed E-state index contributed by atoms with van der Waals surface area (Å²) < 4.78 is 36.0. The van der Waals surface area contributed by atoms with Crippen LogP contribution < -0.4 is 0 Å². The van der Waals surface area contributed by atoms with E-state index in [0.29, 0.717) is 6.54 Å². The molecule has 0 amide bonds. The molecule has 13 nitrogen and oxygen atoms in total. The average molecular weight is 469 g/mol. The van der Waals surface area contributed by atoms with Gasteiger partial charge in [-0.3, -0.25) is 14.5 Å². The lowest BCUT2D eigenvalue weighted by atomic mass is 10.1. The summed E-state index contributed by atoms with van der Waals surface area (Å²) in [5.41, 5.74) is 0. The summed E-state index contributed by atoms with van der Waals surface area (Å²) in [7, 11) is 3.92. The van der Waals surface area contributed by atoms with Crippen molar-refractivity contribution in [2.24, 2.45) is 0 Å². The monoisotopic (exact) mass is 469 g/mol. The number of aliphatic hydroxyl groups excluding tert-OH is 3. The fourth-order valence-corrected chi connectivity index (χ4v) is 2.92. The second-order valence-electron chi connectivity index (χ2n) is 6.87. The Morgan fingerprint density at radius 2 is 1.53 bits per heavy atom. The maximum atomic E-state index is 11.4. The summed E-state index contributed by atoms with van der Waals surface area (Å²) in [4.78, 5) is 24.4. The van der Waals surface area contributed by atoms with Gasteiger partial charge in [-0.05, 0) is 0 Å². The molecular weight excluding hydrogens is 434 g/mol. The van der Waals surface area contributed by atoms with Crippen LogP contribution in [0.1, 0.15) is 0 Å². The van der Waals surface area contributed by atoms with Crippen molar-refractivity contribution in [2.45, 2.75) is 30.7 Å². The minimum Gasteiger partial charge on any atom is -0.468 e. The zero-order chi connectivity index (χ0) is 23.9. The SMILES string of the molecule is COC(=O)CN(CCOCCOCCO[C@H]1C(OC)O[C@H]([C@H](O)CO)[C@@H]1O)CC(=O)OC. The fraction of sp³-hybridized carbons (Fsp3) is 0.895. The smallest absolute Gasteiger partial charge is 0.319 e. The van der Waals surface area contributed by atoms with E-state index in [9.17, 15) is 19.8 Å². The fourth-order valence-electron chi connectivity index (χ4n) is 2.92. The van der Waals surface area contributed by atoms with E-state index in [2.05, 4.69) is 9.47 Å². The van der Waals surface area contributed by atoms with Gasteiger partial charge in [0.1, 0.15) is 24.4 Å². The van der Waals surface area contributed by atoms with Gasteiger partial charge in [0.15, 0.2) is 6.29 Å². The number of methoxy groups -OCH3 is 3. The van der Waals surface area contributed by atoms with Gasteiger partial charge in [-0.25, -0.2) is 0 Å². The standard InChI is InChI=1S/C19H35NO12/c1-26-14(23)10-20(11-15(24)27-2)4-5-29-6-7-30-8-9-31-18-16(25)17(13(22)12-21)32-19(18)28-3/h13,16-19,21-22,25H,4-12H2,1-3H3/t13-,16+,17-,18-,19?/m1/s1. The Balaban J connectivity index is 2.18. The number of nitrogens with zero attached hydrogens (tertiary/aromatic N) is 1. The molecule has 0 saturated carbocycles. The van der Waals surface area contributed by atoms with Gasteiger partial charge in [-0.2, -0.15) is 0 Å². The van der Waals surface area contributed by atoms with Crippen molar-refractivity contribution in [2.75, 3.05) is 80.6 Å². The molecule has 0 aromatic heterocycles. The number of aliphatic hydroxyl groups is 3. The van der Waals surface area contributed by atoms with Crippen molar-refractivity contribution in [3.8, 4) is 0 Å². The molecule has 0 spiro atoms. The Morgan fingerprint density at radius 3 is 2.06 bits per heavy atom. The summed E-state index contributed by atoms with van der Waals surface area (Å²) in [6, 6.07) is 0. The number of esters is 2. The van der Waals surface area contributed by atoms with Gasteiger partial charge >= 0.3 is 11.9 Å². The van der Waals surface area contributed by atoms with E-state index in [-0.39, 0.29) is 46.1 Å². The van der Waals surface area contributed by atoms with Gasteiger partial charge in [-0.15, -0.1) is 0 Å². The minimum absolute atomic E-state index is 0.0574. The van der Waals surface area contributed by atoms with E-state index in [1.54, 1.807) is 4.90 Å². The molecule has 0 radical (unpaired) electrons.